The zero-order valence-corrected chi connectivity index (χ0v) is 16.1. The number of anilines is 3. The summed E-state index contributed by atoms with van der Waals surface area (Å²) in [6.45, 7) is 3.97. The topological polar surface area (TPSA) is 50.4 Å². The third kappa shape index (κ3) is 6.02. The van der Waals surface area contributed by atoms with Crippen molar-refractivity contribution in [1.29, 1.82) is 0 Å². The van der Waals surface area contributed by atoms with E-state index in [0.29, 0.717) is 0 Å². The second-order valence-electron chi connectivity index (χ2n) is 6.63. The molecule has 0 bridgehead atoms. The minimum Gasteiger partial charge on any atom is -0.491 e. The summed E-state index contributed by atoms with van der Waals surface area (Å²) in [5.74, 6) is 0.609. The van der Waals surface area contributed by atoms with E-state index >= 15 is 0 Å². The van der Waals surface area contributed by atoms with E-state index in [0.717, 1.165) is 28.4 Å². The standard InChI is InChI=1S/C24H24N2O2/c1-18(2)28-23-10-6-7-19(17-23)11-16-24(27)26-22-14-12-21(13-15-22)25-20-8-4-3-5-9-20/h3-18,25H,1-2H3,(H,26,27)/b16-11+. The quantitative estimate of drug-likeness (QED) is 0.510. The number of ether oxygens (including phenoxy) is 1. The van der Waals surface area contributed by atoms with E-state index in [9.17, 15) is 4.79 Å². The molecule has 0 heterocycles. The summed E-state index contributed by atoms with van der Waals surface area (Å²) in [6, 6.07) is 25.2. The molecule has 4 nitrogen and oxygen atoms in total. The first-order chi connectivity index (χ1) is 13.6. The number of carbonyl (C=O) groups excluding carboxylic acids is 1. The molecule has 0 atom stereocenters. The average Bonchev–Trinajstić information content (AvgIpc) is 2.69. The predicted octanol–water partition coefficient (Wildman–Crippen LogP) is 5.87. The molecule has 2 N–H and O–H groups in total. The molecule has 4 heteroatoms. The Labute approximate surface area is 165 Å². The number of hydrogen-bond acceptors (Lipinski definition) is 3. The van der Waals surface area contributed by atoms with Gasteiger partial charge in [0.25, 0.3) is 0 Å². The Morgan fingerprint density at radius 1 is 0.857 bits per heavy atom. The smallest absolute Gasteiger partial charge is 0.248 e. The molecule has 0 aromatic heterocycles. The van der Waals surface area contributed by atoms with Crippen molar-refractivity contribution >= 4 is 29.0 Å². The monoisotopic (exact) mass is 372 g/mol. The fraction of sp³-hybridized carbons (Fsp3) is 0.125. The van der Waals surface area contributed by atoms with Crippen LogP contribution in [0.1, 0.15) is 19.4 Å². The van der Waals surface area contributed by atoms with Crippen molar-refractivity contribution in [1.82, 2.24) is 0 Å². The van der Waals surface area contributed by atoms with Crippen LogP contribution in [0.15, 0.2) is 84.9 Å². The molecule has 0 aliphatic heterocycles. The average molecular weight is 372 g/mol. The van der Waals surface area contributed by atoms with Gasteiger partial charge >= 0.3 is 0 Å². The summed E-state index contributed by atoms with van der Waals surface area (Å²) >= 11 is 0. The van der Waals surface area contributed by atoms with Gasteiger partial charge in [-0.2, -0.15) is 0 Å². The summed E-state index contributed by atoms with van der Waals surface area (Å²) in [5.41, 5.74) is 3.63. The molecule has 142 valence electrons. The van der Waals surface area contributed by atoms with Crippen molar-refractivity contribution in [2.24, 2.45) is 0 Å². The lowest BCUT2D eigenvalue weighted by Crippen LogP contribution is -2.07. The van der Waals surface area contributed by atoms with Crippen LogP contribution in [0.2, 0.25) is 0 Å². The van der Waals surface area contributed by atoms with Gasteiger partial charge in [-0.15, -0.1) is 0 Å². The molecule has 0 unspecified atom stereocenters. The van der Waals surface area contributed by atoms with Gasteiger partial charge in [-0.1, -0.05) is 30.3 Å². The lowest BCUT2D eigenvalue weighted by Gasteiger charge is -2.09. The van der Waals surface area contributed by atoms with Crippen LogP contribution in [-0.2, 0) is 4.79 Å². The molecule has 3 aromatic rings. The maximum Gasteiger partial charge on any atom is 0.248 e. The normalized spacial score (nSPS) is 10.8. The first-order valence-electron chi connectivity index (χ1n) is 9.26. The van der Waals surface area contributed by atoms with Crippen LogP contribution < -0.4 is 15.4 Å². The number of carbonyl (C=O) groups is 1. The number of rotatable bonds is 7. The highest BCUT2D eigenvalue weighted by Gasteiger charge is 2.01. The summed E-state index contributed by atoms with van der Waals surface area (Å²) in [4.78, 5) is 12.2. The molecule has 28 heavy (non-hydrogen) atoms. The minimum atomic E-state index is -0.182. The largest absolute Gasteiger partial charge is 0.491 e. The maximum absolute atomic E-state index is 12.2. The Morgan fingerprint density at radius 2 is 1.54 bits per heavy atom. The molecule has 0 saturated heterocycles. The zero-order valence-electron chi connectivity index (χ0n) is 16.1. The number of nitrogens with one attached hydrogen (secondary N) is 2. The van der Waals surface area contributed by atoms with Gasteiger partial charge in [-0.3, -0.25) is 4.79 Å². The molecule has 0 aliphatic carbocycles. The van der Waals surface area contributed by atoms with Gasteiger partial charge in [0, 0.05) is 23.1 Å². The van der Waals surface area contributed by atoms with Gasteiger partial charge < -0.3 is 15.4 Å². The maximum atomic E-state index is 12.2. The lowest BCUT2D eigenvalue weighted by atomic mass is 10.2. The van der Waals surface area contributed by atoms with Crippen LogP contribution in [-0.4, -0.2) is 12.0 Å². The Bertz CT molecular complexity index is 932. The van der Waals surface area contributed by atoms with Crippen LogP contribution >= 0.6 is 0 Å². The van der Waals surface area contributed by atoms with Crippen molar-refractivity contribution < 1.29 is 9.53 Å². The minimum absolute atomic E-state index is 0.113. The van der Waals surface area contributed by atoms with E-state index in [-0.39, 0.29) is 12.0 Å². The Kier molecular flexibility index (Phi) is 6.47. The van der Waals surface area contributed by atoms with Crippen molar-refractivity contribution in [2.75, 3.05) is 10.6 Å². The van der Waals surface area contributed by atoms with E-state index < -0.39 is 0 Å². The van der Waals surface area contributed by atoms with E-state index in [1.807, 2.05) is 92.7 Å². The van der Waals surface area contributed by atoms with Gasteiger partial charge in [0.15, 0.2) is 0 Å². The summed E-state index contributed by atoms with van der Waals surface area (Å²) in [5, 5.41) is 6.18. The van der Waals surface area contributed by atoms with Crippen molar-refractivity contribution in [3.63, 3.8) is 0 Å². The van der Waals surface area contributed by atoms with Crippen LogP contribution in [0.25, 0.3) is 6.08 Å². The van der Waals surface area contributed by atoms with Crippen molar-refractivity contribution in [3.05, 3.63) is 90.5 Å². The van der Waals surface area contributed by atoms with Crippen LogP contribution in [0.3, 0.4) is 0 Å². The first kappa shape index (κ1) is 19.2. The molecule has 0 saturated carbocycles. The van der Waals surface area contributed by atoms with Gasteiger partial charge in [-0.05, 0) is 74.0 Å². The van der Waals surface area contributed by atoms with Gasteiger partial charge in [0.2, 0.25) is 5.91 Å². The summed E-state index contributed by atoms with van der Waals surface area (Å²) in [6.07, 6.45) is 3.40. The Morgan fingerprint density at radius 3 is 2.25 bits per heavy atom. The molecule has 0 fully saturated rings. The fourth-order valence-corrected chi connectivity index (χ4v) is 2.64. The predicted molar refractivity (Wildman–Crippen MR) is 116 cm³/mol. The molecule has 3 rings (SSSR count). The third-order valence-corrected chi connectivity index (χ3v) is 3.87. The molecule has 0 spiro atoms. The molecule has 0 aliphatic rings. The number of benzene rings is 3. The summed E-state index contributed by atoms with van der Waals surface area (Å²) < 4.78 is 5.67. The third-order valence-electron chi connectivity index (χ3n) is 3.87. The summed E-state index contributed by atoms with van der Waals surface area (Å²) in [7, 11) is 0. The van der Waals surface area contributed by atoms with Crippen molar-refractivity contribution in [2.45, 2.75) is 20.0 Å². The van der Waals surface area contributed by atoms with Crippen molar-refractivity contribution in [3.8, 4) is 5.75 Å². The Balaban J connectivity index is 1.56. The fourth-order valence-electron chi connectivity index (χ4n) is 2.64. The van der Waals surface area contributed by atoms with Crippen LogP contribution in [0.5, 0.6) is 5.75 Å². The number of hydrogen-bond donors (Lipinski definition) is 2. The molecule has 1 amide bonds. The SMILES string of the molecule is CC(C)Oc1cccc(/C=C/C(=O)Nc2ccc(Nc3ccccc3)cc2)c1. The highest BCUT2D eigenvalue weighted by molar-refractivity contribution is 6.02. The number of amides is 1. The highest BCUT2D eigenvalue weighted by atomic mass is 16.5. The Hall–Kier alpha value is -3.53. The molecular weight excluding hydrogens is 348 g/mol. The highest BCUT2D eigenvalue weighted by Crippen LogP contribution is 2.19. The van der Waals surface area contributed by atoms with Crippen LogP contribution in [0, 0.1) is 0 Å². The zero-order chi connectivity index (χ0) is 19.8. The lowest BCUT2D eigenvalue weighted by molar-refractivity contribution is -0.111. The van der Waals surface area contributed by atoms with E-state index in [2.05, 4.69) is 10.6 Å². The van der Waals surface area contributed by atoms with Gasteiger partial charge in [0.05, 0.1) is 6.10 Å². The van der Waals surface area contributed by atoms with E-state index in [1.54, 1.807) is 6.08 Å². The van der Waals surface area contributed by atoms with E-state index in [1.165, 1.54) is 6.08 Å². The second kappa shape index (κ2) is 9.42. The molecule has 3 aromatic carbocycles. The second-order valence-corrected chi connectivity index (χ2v) is 6.63. The molecule has 0 radical (unpaired) electrons. The molecular formula is C24H24N2O2. The first-order valence-corrected chi connectivity index (χ1v) is 9.26. The van der Waals surface area contributed by atoms with Gasteiger partial charge in [0.1, 0.15) is 5.75 Å². The van der Waals surface area contributed by atoms with E-state index in [4.69, 9.17) is 4.74 Å². The van der Waals surface area contributed by atoms with Crippen LogP contribution in [0.4, 0.5) is 17.1 Å². The number of para-hydroxylation sites is 1. The van der Waals surface area contributed by atoms with Gasteiger partial charge in [-0.25, -0.2) is 0 Å².